The van der Waals surface area contributed by atoms with Crippen LogP contribution in [-0.4, -0.2) is 64.5 Å². The summed E-state index contributed by atoms with van der Waals surface area (Å²) in [6.45, 7) is 8.18. The number of H-pyrrole nitrogens is 1. The average molecular weight is 426 g/mol. The minimum Gasteiger partial charge on any atom is -0.356 e. The third-order valence-corrected chi connectivity index (χ3v) is 7.53. The van der Waals surface area contributed by atoms with E-state index >= 15 is 0 Å². The summed E-state index contributed by atoms with van der Waals surface area (Å²) in [5, 5.41) is 7.30. The van der Waals surface area contributed by atoms with E-state index in [9.17, 15) is 13.2 Å². The molecule has 0 spiro atoms. The zero-order chi connectivity index (χ0) is 20.3. The summed E-state index contributed by atoms with van der Waals surface area (Å²) in [5.74, 6) is 1.47. The van der Waals surface area contributed by atoms with E-state index < -0.39 is 10.0 Å². The Balaban J connectivity index is 1.57. The second-order valence-corrected chi connectivity index (χ2v) is 10.4. The first-order chi connectivity index (χ1) is 13.3. The maximum absolute atomic E-state index is 12.7. The highest BCUT2D eigenvalue weighted by Crippen LogP contribution is 2.20. The van der Waals surface area contributed by atoms with Crippen molar-refractivity contribution in [2.24, 2.45) is 5.92 Å². The van der Waals surface area contributed by atoms with E-state index in [0.717, 1.165) is 22.9 Å². The van der Waals surface area contributed by atoms with Gasteiger partial charge in [-0.05, 0) is 31.9 Å². The largest absolute Gasteiger partial charge is 0.356 e. The Bertz CT molecular complexity index is 929. The Labute approximate surface area is 170 Å². The first kappa shape index (κ1) is 20.9. The number of thioether (sulfide) groups is 1. The first-order valence-electron chi connectivity index (χ1n) is 9.33. The van der Waals surface area contributed by atoms with Gasteiger partial charge >= 0.3 is 0 Å². The summed E-state index contributed by atoms with van der Waals surface area (Å²) in [5.41, 5.74) is 2.32. The van der Waals surface area contributed by atoms with Crippen LogP contribution >= 0.6 is 11.8 Å². The molecular weight excluding hydrogens is 398 g/mol. The monoisotopic (exact) mass is 425 g/mol. The van der Waals surface area contributed by atoms with Crippen molar-refractivity contribution in [3.8, 4) is 0 Å². The number of nitrogens with one attached hydrogen (secondary N) is 2. The van der Waals surface area contributed by atoms with Crippen LogP contribution in [0.4, 0.5) is 0 Å². The van der Waals surface area contributed by atoms with Crippen LogP contribution in [0.15, 0.2) is 23.2 Å². The molecule has 1 amide bonds. The molecule has 28 heavy (non-hydrogen) atoms. The Morgan fingerprint density at radius 2 is 2.04 bits per heavy atom. The number of hydrogen-bond acceptors (Lipinski definition) is 5. The Hall–Kier alpha value is -1.78. The molecule has 0 aromatic carbocycles. The summed E-state index contributed by atoms with van der Waals surface area (Å²) < 4.78 is 28.8. The summed E-state index contributed by atoms with van der Waals surface area (Å²) in [4.78, 5) is 15.3. The fourth-order valence-corrected chi connectivity index (χ4v) is 5.74. The SMILES string of the molecule is Cc1cc(C)n(CC(C)CNC(=O)c2cc(S(=O)(=O)N3CCSCC3)c[nH]2)n1. The van der Waals surface area contributed by atoms with Crippen LogP contribution in [0.5, 0.6) is 0 Å². The number of carbonyl (C=O) groups excluding carboxylic acids is 1. The molecule has 1 aliphatic rings. The smallest absolute Gasteiger partial charge is 0.267 e. The van der Waals surface area contributed by atoms with Gasteiger partial charge in [0.25, 0.3) is 5.91 Å². The van der Waals surface area contributed by atoms with Gasteiger partial charge in [-0.3, -0.25) is 9.48 Å². The van der Waals surface area contributed by atoms with Crippen LogP contribution in [-0.2, 0) is 16.6 Å². The van der Waals surface area contributed by atoms with Crippen LogP contribution in [0, 0.1) is 19.8 Å². The summed E-state index contributed by atoms with van der Waals surface area (Å²) in [6, 6.07) is 3.44. The summed E-state index contributed by atoms with van der Waals surface area (Å²) in [7, 11) is -3.55. The van der Waals surface area contributed by atoms with E-state index in [4.69, 9.17) is 0 Å². The van der Waals surface area contributed by atoms with Crippen molar-refractivity contribution in [1.29, 1.82) is 0 Å². The molecule has 2 aromatic rings. The van der Waals surface area contributed by atoms with Crippen LogP contribution in [0.3, 0.4) is 0 Å². The zero-order valence-electron chi connectivity index (χ0n) is 16.4. The molecule has 0 aliphatic carbocycles. The third-order valence-electron chi connectivity index (χ3n) is 4.71. The van der Waals surface area contributed by atoms with Gasteiger partial charge in [0.15, 0.2) is 0 Å². The molecule has 1 aliphatic heterocycles. The minimum absolute atomic E-state index is 0.139. The van der Waals surface area contributed by atoms with Gasteiger partial charge in [0, 0.05) is 49.6 Å². The first-order valence-corrected chi connectivity index (χ1v) is 11.9. The Morgan fingerprint density at radius 1 is 1.32 bits per heavy atom. The van der Waals surface area contributed by atoms with Crippen molar-refractivity contribution in [2.75, 3.05) is 31.1 Å². The van der Waals surface area contributed by atoms with E-state index in [1.807, 2.05) is 31.5 Å². The fraction of sp³-hybridized carbons (Fsp3) is 0.556. The van der Waals surface area contributed by atoms with E-state index in [1.165, 1.54) is 16.6 Å². The molecule has 3 heterocycles. The zero-order valence-corrected chi connectivity index (χ0v) is 18.1. The molecule has 2 N–H and O–H groups in total. The lowest BCUT2D eigenvalue weighted by atomic mass is 10.2. The van der Waals surface area contributed by atoms with Gasteiger partial charge in [-0.2, -0.15) is 21.2 Å². The number of nitrogens with zero attached hydrogens (tertiary/aromatic N) is 3. The quantitative estimate of drug-likeness (QED) is 0.702. The summed E-state index contributed by atoms with van der Waals surface area (Å²) in [6.07, 6.45) is 1.39. The van der Waals surface area contributed by atoms with Gasteiger partial charge < -0.3 is 10.3 Å². The Kier molecular flexibility index (Phi) is 6.51. The van der Waals surface area contributed by atoms with Gasteiger partial charge in [-0.15, -0.1) is 0 Å². The van der Waals surface area contributed by atoms with E-state index in [0.29, 0.717) is 26.2 Å². The van der Waals surface area contributed by atoms with Crippen molar-refractivity contribution in [3.63, 3.8) is 0 Å². The average Bonchev–Trinajstić information content (AvgIpc) is 3.28. The molecule has 0 bridgehead atoms. The van der Waals surface area contributed by atoms with Crippen molar-refractivity contribution in [1.82, 2.24) is 24.4 Å². The Morgan fingerprint density at radius 3 is 2.68 bits per heavy atom. The number of amides is 1. The molecule has 2 aromatic heterocycles. The second-order valence-electron chi connectivity index (χ2n) is 7.19. The summed E-state index contributed by atoms with van der Waals surface area (Å²) >= 11 is 1.75. The molecule has 0 saturated carbocycles. The number of aromatic nitrogens is 3. The highest BCUT2D eigenvalue weighted by molar-refractivity contribution is 7.99. The van der Waals surface area contributed by atoms with Gasteiger partial charge in [0.2, 0.25) is 10.0 Å². The van der Waals surface area contributed by atoms with Crippen molar-refractivity contribution >= 4 is 27.7 Å². The predicted octanol–water partition coefficient (Wildman–Crippen LogP) is 1.63. The van der Waals surface area contributed by atoms with E-state index in [-0.39, 0.29) is 22.4 Å². The number of aryl methyl sites for hydroxylation is 2. The number of aromatic amines is 1. The molecular formula is C18H27N5O3S2. The molecule has 1 unspecified atom stereocenters. The van der Waals surface area contributed by atoms with Gasteiger partial charge in [-0.25, -0.2) is 8.42 Å². The molecule has 1 fully saturated rings. The van der Waals surface area contributed by atoms with Gasteiger partial charge in [0.1, 0.15) is 10.6 Å². The van der Waals surface area contributed by atoms with Crippen molar-refractivity contribution < 1.29 is 13.2 Å². The standard InChI is InChI=1S/C18H27N5O3S2/c1-13(12-23-15(3)8-14(2)21-23)10-20-18(24)17-9-16(11-19-17)28(25,26)22-4-6-27-7-5-22/h8-9,11,13,19H,4-7,10,12H2,1-3H3,(H,20,24). The molecule has 3 rings (SSSR count). The molecule has 1 atom stereocenters. The lowest BCUT2D eigenvalue weighted by molar-refractivity contribution is 0.0942. The maximum Gasteiger partial charge on any atom is 0.267 e. The normalized spacial score (nSPS) is 16.8. The fourth-order valence-electron chi connectivity index (χ4n) is 3.17. The minimum atomic E-state index is -3.55. The van der Waals surface area contributed by atoms with E-state index in [1.54, 1.807) is 11.8 Å². The highest BCUT2D eigenvalue weighted by atomic mass is 32.2. The van der Waals surface area contributed by atoms with Gasteiger partial charge in [0.05, 0.1) is 5.69 Å². The lowest BCUT2D eigenvalue weighted by Crippen LogP contribution is -2.37. The number of hydrogen-bond donors (Lipinski definition) is 2. The number of carbonyl (C=O) groups is 1. The van der Waals surface area contributed by atoms with Crippen molar-refractivity contribution in [2.45, 2.75) is 32.2 Å². The predicted molar refractivity (Wildman–Crippen MR) is 110 cm³/mol. The third kappa shape index (κ3) is 4.79. The molecule has 154 valence electrons. The van der Waals surface area contributed by atoms with Crippen LogP contribution in [0.1, 0.15) is 28.8 Å². The molecule has 1 saturated heterocycles. The van der Waals surface area contributed by atoms with Gasteiger partial charge in [-0.1, -0.05) is 6.92 Å². The number of rotatable bonds is 7. The van der Waals surface area contributed by atoms with Crippen LogP contribution in [0.2, 0.25) is 0 Å². The van der Waals surface area contributed by atoms with Crippen LogP contribution in [0.25, 0.3) is 0 Å². The number of sulfonamides is 1. The molecule has 8 nitrogen and oxygen atoms in total. The van der Waals surface area contributed by atoms with E-state index in [2.05, 4.69) is 15.4 Å². The van der Waals surface area contributed by atoms with Crippen LogP contribution < -0.4 is 5.32 Å². The highest BCUT2D eigenvalue weighted by Gasteiger charge is 2.27. The maximum atomic E-state index is 12.7. The molecule has 10 heteroatoms. The second kappa shape index (κ2) is 8.71. The van der Waals surface area contributed by atoms with Crippen molar-refractivity contribution in [3.05, 3.63) is 35.4 Å². The molecule has 0 radical (unpaired) electrons. The lowest BCUT2D eigenvalue weighted by Gasteiger charge is -2.24. The topological polar surface area (TPSA) is 100 Å².